The molecule has 0 saturated carbocycles. The van der Waals surface area contributed by atoms with Gasteiger partial charge in [0.05, 0.1) is 11.4 Å². The number of thiazole rings is 1. The smallest absolute Gasteiger partial charge is 0.229 e. The second kappa shape index (κ2) is 9.12. The van der Waals surface area contributed by atoms with Crippen molar-refractivity contribution in [3.05, 3.63) is 71.6 Å². The summed E-state index contributed by atoms with van der Waals surface area (Å²) < 4.78 is 23.0. The maximum atomic E-state index is 12.8. The molecule has 0 atom stereocenters. The molecule has 0 fully saturated rings. The third-order valence-electron chi connectivity index (χ3n) is 4.25. The molecule has 0 aliphatic heterocycles. The Bertz CT molecular complexity index is 1020. The highest BCUT2D eigenvalue weighted by atomic mass is 32.2. The summed E-state index contributed by atoms with van der Waals surface area (Å²) in [5, 5.41) is 2.51. The van der Waals surface area contributed by atoms with E-state index in [0.29, 0.717) is 18.1 Å². The number of aromatic nitrogens is 1. The standard InChI is InChI=1S/C21H22N2O3S2/c1-28(25,26)15-13-20(24)23(14-12-17-8-4-2-5-9-17)21-22-19(16-27-21)18-10-6-3-7-11-18/h2-11,16H,12-15H2,1H3. The second-order valence-electron chi connectivity index (χ2n) is 6.54. The minimum absolute atomic E-state index is 0.0477. The molecule has 1 aromatic heterocycles. The molecular formula is C21H22N2O3S2. The minimum atomic E-state index is -3.20. The molecule has 0 aliphatic carbocycles. The fraction of sp³-hybridized carbons (Fsp3) is 0.238. The molecular weight excluding hydrogens is 392 g/mol. The first-order chi connectivity index (χ1) is 13.4. The van der Waals surface area contributed by atoms with Crippen molar-refractivity contribution in [2.45, 2.75) is 12.8 Å². The first kappa shape index (κ1) is 20.2. The Hall–Kier alpha value is -2.51. The lowest BCUT2D eigenvalue weighted by atomic mass is 10.1. The van der Waals surface area contributed by atoms with Crippen LogP contribution in [0, 0.1) is 0 Å². The van der Waals surface area contributed by atoms with E-state index in [2.05, 4.69) is 4.98 Å². The maximum absolute atomic E-state index is 12.8. The number of nitrogens with zero attached hydrogens (tertiary/aromatic N) is 2. The van der Waals surface area contributed by atoms with Crippen molar-refractivity contribution in [1.82, 2.24) is 4.98 Å². The lowest BCUT2D eigenvalue weighted by Gasteiger charge is -2.20. The van der Waals surface area contributed by atoms with Crippen LogP contribution in [0.1, 0.15) is 12.0 Å². The Balaban J connectivity index is 1.81. The molecule has 3 aromatic rings. The molecule has 0 spiro atoms. The Morgan fingerprint density at radius 1 is 1.04 bits per heavy atom. The van der Waals surface area contributed by atoms with E-state index in [9.17, 15) is 13.2 Å². The van der Waals surface area contributed by atoms with Crippen LogP contribution in [0.3, 0.4) is 0 Å². The van der Waals surface area contributed by atoms with Gasteiger partial charge in [-0.2, -0.15) is 0 Å². The average Bonchev–Trinajstić information content (AvgIpc) is 3.17. The lowest BCUT2D eigenvalue weighted by molar-refractivity contribution is -0.118. The van der Waals surface area contributed by atoms with Gasteiger partial charge in [0.2, 0.25) is 5.91 Å². The summed E-state index contributed by atoms with van der Waals surface area (Å²) in [5.74, 6) is -0.389. The maximum Gasteiger partial charge on any atom is 0.229 e. The number of anilines is 1. The molecule has 0 bridgehead atoms. The van der Waals surface area contributed by atoms with Crippen molar-refractivity contribution >= 4 is 32.2 Å². The molecule has 28 heavy (non-hydrogen) atoms. The number of sulfone groups is 1. The number of hydrogen-bond acceptors (Lipinski definition) is 5. The van der Waals surface area contributed by atoms with Crippen molar-refractivity contribution in [3.8, 4) is 11.3 Å². The minimum Gasteiger partial charge on any atom is -0.288 e. The van der Waals surface area contributed by atoms with Gasteiger partial charge in [-0.15, -0.1) is 11.3 Å². The summed E-state index contributed by atoms with van der Waals surface area (Å²) in [7, 11) is -3.20. The highest BCUT2D eigenvalue weighted by molar-refractivity contribution is 7.90. The van der Waals surface area contributed by atoms with Gasteiger partial charge in [0, 0.05) is 30.2 Å². The van der Waals surface area contributed by atoms with Gasteiger partial charge in [0.25, 0.3) is 0 Å². The highest BCUT2D eigenvalue weighted by Gasteiger charge is 2.21. The Morgan fingerprint density at radius 2 is 1.68 bits per heavy atom. The van der Waals surface area contributed by atoms with E-state index in [4.69, 9.17) is 0 Å². The van der Waals surface area contributed by atoms with Gasteiger partial charge in [0.15, 0.2) is 5.13 Å². The molecule has 3 rings (SSSR count). The number of rotatable bonds is 8. The van der Waals surface area contributed by atoms with Crippen LogP contribution in [-0.2, 0) is 21.1 Å². The number of carbonyl (C=O) groups is 1. The Morgan fingerprint density at radius 3 is 2.32 bits per heavy atom. The second-order valence-corrected chi connectivity index (χ2v) is 9.64. The van der Waals surface area contributed by atoms with Crippen LogP contribution in [0.15, 0.2) is 66.0 Å². The molecule has 7 heteroatoms. The zero-order valence-corrected chi connectivity index (χ0v) is 17.2. The largest absolute Gasteiger partial charge is 0.288 e. The van der Waals surface area contributed by atoms with Crippen molar-refractivity contribution in [2.75, 3.05) is 23.5 Å². The van der Waals surface area contributed by atoms with E-state index >= 15 is 0 Å². The average molecular weight is 415 g/mol. The lowest BCUT2D eigenvalue weighted by Crippen LogP contribution is -2.34. The summed E-state index contributed by atoms with van der Waals surface area (Å²) in [6.45, 7) is 0.453. The van der Waals surface area contributed by atoms with Crippen molar-refractivity contribution < 1.29 is 13.2 Å². The normalized spacial score (nSPS) is 11.3. The number of carbonyl (C=O) groups excluding carboxylic acids is 1. The van der Waals surface area contributed by atoms with Gasteiger partial charge in [-0.25, -0.2) is 13.4 Å². The predicted molar refractivity (Wildman–Crippen MR) is 114 cm³/mol. The Kier molecular flexibility index (Phi) is 6.59. The van der Waals surface area contributed by atoms with Crippen LogP contribution < -0.4 is 4.90 Å². The number of hydrogen-bond donors (Lipinski definition) is 0. The summed E-state index contributed by atoms with van der Waals surface area (Å²) in [4.78, 5) is 19.0. The fourth-order valence-electron chi connectivity index (χ4n) is 2.75. The van der Waals surface area contributed by atoms with Crippen LogP contribution in [0.5, 0.6) is 0 Å². The molecule has 0 radical (unpaired) electrons. The molecule has 0 saturated heterocycles. The molecule has 1 amide bonds. The molecule has 5 nitrogen and oxygen atoms in total. The van der Waals surface area contributed by atoms with Crippen LogP contribution in [-0.4, -0.2) is 37.9 Å². The molecule has 1 heterocycles. The number of amides is 1. The van der Waals surface area contributed by atoms with E-state index in [0.717, 1.165) is 23.1 Å². The van der Waals surface area contributed by atoms with E-state index in [1.54, 1.807) is 4.90 Å². The zero-order valence-electron chi connectivity index (χ0n) is 15.6. The third kappa shape index (κ3) is 5.74. The van der Waals surface area contributed by atoms with Crippen LogP contribution >= 0.6 is 11.3 Å². The van der Waals surface area contributed by atoms with Crippen LogP contribution in [0.25, 0.3) is 11.3 Å². The first-order valence-corrected chi connectivity index (χ1v) is 11.9. The first-order valence-electron chi connectivity index (χ1n) is 8.95. The fourth-order valence-corrected chi connectivity index (χ4v) is 4.17. The summed E-state index contributed by atoms with van der Waals surface area (Å²) in [5.41, 5.74) is 2.90. The molecule has 0 unspecified atom stereocenters. The molecule has 2 aromatic carbocycles. The third-order valence-corrected chi connectivity index (χ3v) is 6.06. The van der Waals surface area contributed by atoms with E-state index in [1.165, 1.54) is 11.3 Å². The van der Waals surface area contributed by atoms with Gasteiger partial charge >= 0.3 is 0 Å². The van der Waals surface area contributed by atoms with Gasteiger partial charge in [-0.05, 0) is 12.0 Å². The van der Waals surface area contributed by atoms with Crippen molar-refractivity contribution in [3.63, 3.8) is 0 Å². The number of benzene rings is 2. The topological polar surface area (TPSA) is 67.3 Å². The highest BCUT2D eigenvalue weighted by Crippen LogP contribution is 2.28. The zero-order chi connectivity index (χ0) is 20.0. The van der Waals surface area contributed by atoms with Gasteiger partial charge in [-0.1, -0.05) is 60.7 Å². The summed E-state index contributed by atoms with van der Waals surface area (Å²) in [6, 6.07) is 19.7. The SMILES string of the molecule is CS(=O)(=O)CCC(=O)N(CCc1ccccc1)c1nc(-c2ccccc2)cs1. The van der Waals surface area contributed by atoms with Crippen molar-refractivity contribution in [2.24, 2.45) is 0 Å². The monoisotopic (exact) mass is 414 g/mol. The Labute approximate surface area is 169 Å². The van der Waals surface area contributed by atoms with E-state index in [1.807, 2.05) is 66.0 Å². The molecule has 146 valence electrons. The summed E-state index contributed by atoms with van der Waals surface area (Å²) in [6.07, 6.45) is 1.77. The van der Waals surface area contributed by atoms with Crippen LogP contribution in [0.2, 0.25) is 0 Å². The van der Waals surface area contributed by atoms with E-state index < -0.39 is 9.84 Å². The quantitative estimate of drug-likeness (QED) is 0.562. The van der Waals surface area contributed by atoms with Gasteiger partial charge in [-0.3, -0.25) is 9.69 Å². The van der Waals surface area contributed by atoms with E-state index in [-0.39, 0.29) is 18.1 Å². The van der Waals surface area contributed by atoms with Gasteiger partial charge in [0.1, 0.15) is 9.84 Å². The predicted octanol–water partition coefficient (Wildman–Crippen LogP) is 3.82. The van der Waals surface area contributed by atoms with Crippen molar-refractivity contribution in [1.29, 1.82) is 0 Å². The van der Waals surface area contributed by atoms with Gasteiger partial charge < -0.3 is 0 Å². The molecule has 0 N–H and O–H groups in total. The van der Waals surface area contributed by atoms with Crippen LogP contribution in [0.4, 0.5) is 5.13 Å². The molecule has 0 aliphatic rings. The summed E-state index contributed by atoms with van der Waals surface area (Å²) >= 11 is 1.39.